The molecule has 0 radical (unpaired) electrons. The number of esters is 1. The number of H-pyrrole nitrogens is 1. The molecule has 8 atom stereocenters. The summed E-state index contributed by atoms with van der Waals surface area (Å²) in [7, 11) is 1.61. The quantitative estimate of drug-likeness (QED) is 0.124. The monoisotopic (exact) mass is 752 g/mol. The Kier molecular flexibility index (Phi) is 7.27. The zero-order valence-corrected chi connectivity index (χ0v) is 31.8. The molecule has 0 saturated carbocycles. The summed E-state index contributed by atoms with van der Waals surface area (Å²) < 4.78 is 37.9. The summed E-state index contributed by atoms with van der Waals surface area (Å²) >= 11 is 1.84. The number of nitrogens with one attached hydrogen (secondary N) is 3. The summed E-state index contributed by atoms with van der Waals surface area (Å²) in [5.74, 6) is 2.71. The Hall–Kier alpha value is -3.98. The lowest BCUT2D eigenvalue weighted by Gasteiger charge is -2.57. The Labute approximate surface area is 317 Å². The van der Waals surface area contributed by atoms with Crippen LogP contribution in [0.3, 0.4) is 0 Å². The minimum atomic E-state index is -0.589. The molecule has 13 heteroatoms. The van der Waals surface area contributed by atoms with E-state index in [0.717, 1.165) is 70.5 Å². The van der Waals surface area contributed by atoms with Crippen molar-refractivity contribution >= 4 is 28.6 Å². The van der Waals surface area contributed by atoms with Crippen LogP contribution in [0.15, 0.2) is 24.3 Å². The molecular formula is C41H44N4O8S. The number of phenolic OH excluding ortho intramolecular Hbond substituents is 1. The van der Waals surface area contributed by atoms with Gasteiger partial charge in [-0.15, -0.1) is 11.8 Å². The van der Waals surface area contributed by atoms with Crippen LogP contribution in [-0.2, 0) is 32.6 Å². The number of phenols is 1. The van der Waals surface area contributed by atoms with Gasteiger partial charge in [-0.05, 0) is 62.4 Å². The molecule has 12 rings (SSSR count). The minimum absolute atomic E-state index is 0.0810. The molecule has 4 aromatic rings. The van der Waals surface area contributed by atoms with E-state index >= 15 is 0 Å². The molecule has 12 nitrogen and oxygen atoms in total. The molecule has 9 heterocycles. The Morgan fingerprint density at radius 2 is 1.94 bits per heavy atom. The zero-order valence-electron chi connectivity index (χ0n) is 31.0. The number of thioether (sulfide) groups is 1. The Morgan fingerprint density at radius 3 is 2.78 bits per heavy atom. The number of aromatic hydroxyl groups is 1. The second kappa shape index (κ2) is 11.8. The predicted octanol–water partition coefficient (Wildman–Crippen LogP) is 5.03. The average molecular weight is 753 g/mol. The number of aromatic amines is 1. The number of fused-ring (bicyclic) bond motifs is 10. The first-order valence-electron chi connectivity index (χ1n) is 19.0. The fourth-order valence-electron chi connectivity index (χ4n) is 10.8. The first-order chi connectivity index (χ1) is 26.2. The number of carbonyl (C=O) groups excluding carboxylic acids is 1. The van der Waals surface area contributed by atoms with Gasteiger partial charge in [0.15, 0.2) is 29.3 Å². The molecule has 2 unspecified atom stereocenters. The molecule has 3 saturated heterocycles. The highest BCUT2D eigenvalue weighted by atomic mass is 32.2. The number of hydrogen-bond acceptors (Lipinski definition) is 12. The topological polar surface area (TPSA) is 139 Å². The molecule has 4 bridgehead atoms. The summed E-state index contributed by atoms with van der Waals surface area (Å²) in [6.45, 7) is 9.46. The Bertz CT molecular complexity index is 2290. The number of ether oxygens (including phenoxy) is 6. The number of aryl methyl sites for hydroxylation is 2. The minimum Gasteiger partial charge on any atom is -0.504 e. The number of rotatable bonds is 2. The van der Waals surface area contributed by atoms with Crippen LogP contribution in [0.25, 0.3) is 10.9 Å². The van der Waals surface area contributed by atoms with Gasteiger partial charge in [0, 0.05) is 76.7 Å². The summed E-state index contributed by atoms with van der Waals surface area (Å²) in [5.41, 5.74) is 9.73. The van der Waals surface area contributed by atoms with E-state index in [2.05, 4.69) is 51.7 Å². The van der Waals surface area contributed by atoms with E-state index in [1.165, 1.54) is 23.4 Å². The summed E-state index contributed by atoms with van der Waals surface area (Å²) in [5, 5.41) is 20.9. The van der Waals surface area contributed by atoms with Crippen LogP contribution in [0.4, 0.5) is 0 Å². The number of carbonyl (C=O) groups is 1. The zero-order chi connectivity index (χ0) is 36.8. The van der Waals surface area contributed by atoms with Gasteiger partial charge >= 0.3 is 5.97 Å². The molecule has 1 aromatic heterocycles. The first kappa shape index (κ1) is 33.4. The van der Waals surface area contributed by atoms with E-state index in [9.17, 15) is 9.90 Å². The molecular weight excluding hydrogens is 709 g/mol. The average Bonchev–Trinajstić information content (AvgIpc) is 3.59. The SMILES string of the molecule is COc1c(C)cc2c(c1O)[C@H]1N[C@@H](C2)CN2C1[C@@H]1SC[C@]3(NCCc4c3[nH]c3ccc(C)cc43)C3O[C@@H]3OC[C@H]2c2c3c(c(C)c(OC(C)=O)c21)OCO3. The van der Waals surface area contributed by atoms with Crippen molar-refractivity contribution in [2.45, 2.75) is 87.9 Å². The lowest BCUT2D eigenvalue weighted by molar-refractivity contribution is -0.132. The third-order valence-corrected chi connectivity index (χ3v) is 14.4. The highest BCUT2D eigenvalue weighted by Crippen LogP contribution is 2.63. The number of hydrogen-bond donors (Lipinski definition) is 4. The smallest absolute Gasteiger partial charge is 0.308 e. The molecule has 4 N–H and O–H groups in total. The lowest BCUT2D eigenvalue weighted by atomic mass is 9.74. The van der Waals surface area contributed by atoms with Crippen molar-refractivity contribution in [3.63, 3.8) is 0 Å². The van der Waals surface area contributed by atoms with Gasteiger partial charge < -0.3 is 49.1 Å². The third kappa shape index (κ3) is 4.53. The van der Waals surface area contributed by atoms with Gasteiger partial charge in [-0.2, -0.15) is 0 Å². The normalized spacial score (nSPS) is 31.5. The van der Waals surface area contributed by atoms with Crippen molar-refractivity contribution in [3.8, 4) is 28.7 Å². The largest absolute Gasteiger partial charge is 0.504 e. The second-order valence-electron chi connectivity index (χ2n) is 16.0. The first-order valence-corrected chi connectivity index (χ1v) is 20.0. The van der Waals surface area contributed by atoms with Crippen LogP contribution in [0.5, 0.6) is 28.7 Å². The van der Waals surface area contributed by atoms with Crippen LogP contribution in [-0.4, -0.2) is 84.8 Å². The van der Waals surface area contributed by atoms with Crippen molar-refractivity contribution in [2.24, 2.45) is 0 Å². The highest BCUT2D eigenvalue weighted by Gasteiger charge is 2.62. The van der Waals surface area contributed by atoms with Crippen LogP contribution in [0, 0.1) is 20.8 Å². The summed E-state index contributed by atoms with van der Waals surface area (Å²) in [4.78, 5) is 19.4. The Morgan fingerprint density at radius 1 is 1.09 bits per heavy atom. The molecule has 3 aromatic carbocycles. The lowest BCUT2D eigenvalue weighted by Crippen LogP contribution is -2.64. The molecule has 1 spiro atoms. The van der Waals surface area contributed by atoms with Crippen molar-refractivity contribution in [1.29, 1.82) is 0 Å². The maximum absolute atomic E-state index is 13.0. The van der Waals surface area contributed by atoms with Gasteiger partial charge in [0.25, 0.3) is 0 Å². The van der Waals surface area contributed by atoms with E-state index in [0.29, 0.717) is 35.4 Å². The number of epoxide rings is 1. The fourth-order valence-corrected chi connectivity index (χ4v) is 12.5. The maximum atomic E-state index is 13.0. The van der Waals surface area contributed by atoms with Gasteiger partial charge in [0.2, 0.25) is 6.79 Å². The van der Waals surface area contributed by atoms with E-state index in [1.54, 1.807) is 7.11 Å². The van der Waals surface area contributed by atoms with E-state index in [1.807, 2.05) is 25.6 Å². The van der Waals surface area contributed by atoms with Crippen molar-refractivity contribution in [3.05, 3.63) is 74.5 Å². The molecule has 0 amide bonds. The third-order valence-electron chi connectivity index (χ3n) is 12.9. The van der Waals surface area contributed by atoms with Crippen molar-refractivity contribution in [1.82, 2.24) is 20.5 Å². The number of benzene rings is 3. The van der Waals surface area contributed by atoms with Crippen molar-refractivity contribution in [2.75, 3.05) is 39.4 Å². The summed E-state index contributed by atoms with van der Waals surface area (Å²) in [6.07, 6.45) is 1.03. The van der Waals surface area contributed by atoms with Crippen LogP contribution >= 0.6 is 11.8 Å². The fraction of sp³-hybridized carbons (Fsp3) is 0.488. The van der Waals surface area contributed by atoms with E-state index < -0.39 is 17.8 Å². The van der Waals surface area contributed by atoms with Gasteiger partial charge in [-0.3, -0.25) is 9.69 Å². The predicted molar refractivity (Wildman–Crippen MR) is 201 cm³/mol. The number of aromatic nitrogens is 1. The highest BCUT2D eigenvalue weighted by molar-refractivity contribution is 7.99. The standard InChI is InChI=1S/C41H44N4O8S/c1-17-6-7-25-24(10-17)23-8-9-42-41(38(23)44-25)15-54-37-29-28(36-35(50-16-51-36)19(3)34(29)52-20(4)46)26(14-49-40-39(41)53-40)45-13-22-12-21-11-18(2)33(48-5)32(47)27(21)30(43-22)31(37)45/h6-7,10-11,22,26,30-31,37,39-40,42-44,47H,8-9,12-16H2,1-5H3/t22-,26-,30+,31?,37+,39?,40-,41+/m0/s1. The molecule has 54 heavy (non-hydrogen) atoms. The van der Waals surface area contributed by atoms with E-state index in [-0.39, 0.29) is 48.1 Å². The molecule has 8 aliphatic rings. The van der Waals surface area contributed by atoms with Crippen molar-refractivity contribution < 1.29 is 38.3 Å². The second-order valence-corrected chi connectivity index (χ2v) is 17.1. The molecule has 3 fully saturated rings. The maximum Gasteiger partial charge on any atom is 0.308 e. The van der Waals surface area contributed by atoms with Gasteiger partial charge in [-0.1, -0.05) is 17.7 Å². The molecule has 282 valence electrons. The number of piperazine rings is 1. The van der Waals surface area contributed by atoms with Gasteiger partial charge in [-0.25, -0.2) is 0 Å². The Balaban J connectivity index is 1.15. The molecule has 0 aliphatic carbocycles. The van der Waals surface area contributed by atoms with Crippen LogP contribution in [0.2, 0.25) is 0 Å². The van der Waals surface area contributed by atoms with Gasteiger partial charge in [0.1, 0.15) is 11.9 Å². The number of methoxy groups -OCH3 is 1. The number of nitrogens with zero attached hydrogens (tertiary/aromatic N) is 1. The van der Waals surface area contributed by atoms with E-state index in [4.69, 9.17) is 28.4 Å². The summed E-state index contributed by atoms with van der Waals surface area (Å²) in [6, 6.07) is 8.19. The molecule has 8 aliphatic heterocycles. The van der Waals surface area contributed by atoms with Crippen LogP contribution < -0.4 is 29.6 Å². The van der Waals surface area contributed by atoms with Crippen LogP contribution in [0.1, 0.15) is 74.5 Å². The van der Waals surface area contributed by atoms with Gasteiger partial charge in [0.05, 0.1) is 36.6 Å².